The summed E-state index contributed by atoms with van der Waals surface area (Å²) in [6.07, 6.45) is -5.52. The first-order valence-corrected chi connectivity index (χ1v) is 11.5. The molecular weight excluding hydrogens is 506 g/mol. The molecule has 1 saturated heterocycles. The first kappa shape index (κ1) is 27.2. The number of carboxylic acids is 1. The van der Waals surface area contributed by atoms with Gasteiger partial charge in [-0.05, 0) is 35.4 Å². The first-order valence-electron chi connectivity index (χ1n) is 11.5. The third-order valence-electron chi connectivity index (χ3n) is 6.38. The number of carboxylic acid groups (broad SMARTS) is 1. The highest BCUT2D eigenvalue weighted by Gasteiger charge is 2.45. The van der Waals surface area contributed by atoms with E-state index in [4.69, 9.17) is 14.2 Å². The zero-order valence-corrected chi connectivity index (χ0v) is 20.0. The first-order chi connectivity index (χ1) is 18.0. The molecule has 0 aromatic heterocycles. The fourth-order valence-corrected chi connectivity index (χ4v) is 4.36. The number of carbonyl (C=O) groups excluding carboxylic acids is 1. The lowest BCUT2D eigenvalue weighted by Crippen LogP contribution is -2.60. The number of anilines is 1. The van der Waals surface area contributed by atoms with E-state index in [0.717, 1.165) is 11.0 Å². The van der Waals surface area contributed by atoms with Crippen LogP contribution in [0.15, 0.2) is 36.4 Å². The van der Waals surface area contributed by atoms with Crippen molar-refractivity contribution in [1.29, 1.82) is 0 Å². The van der Waals surface area contributed by atoms with E-state index in [2.05, 4.69) is 0 Å². The minimum absolute atomic E-state index is 0.0953. The molecule has 13 heteroatoms. The summed E-state index contributed by atoms with van der Waals surface area (Å²) in [5.41, 5.74) is 0.952. The number of nitrogens with zero attached hydrogens (tertiary/aromatic N) is 1. The molecule has 0 bridgehead atoms. The van der Waals surface area contributed by atoms with Crippen LogP contribution >= 0.6 is 0 Å². The Balaban J connectivity index is 1.63. The smallest absolute Gasteiger partial charge is 0.327 e. The van der Waals surface area contributed by atoms with Crippen LogP contribution < -0.4 is 14.4 Å². The minimum atomic E-state index is -1.75. The van der Waals surface area contributed by atoms with Crippen LogP contribution in [-0.4, -0.2) is 98.1 Å². The SMILES string of the molecule is COc1cc(C=CC(=O)N2c3cc(O[C@H]4O[C@H](CO)[C@@H](O)[C@H](O)[C@H]4O)c(O)cc3C[C@@H]2C(=O)O)ccc1O. The topological polar surface area (TPSA) is 207 Å². The third kappa shape index (κ3) is 5.10. The second-order valence-corrected chi connectivity index (χ2v) is 8.79. The number of aromatic hydroxyl groups is 2. The highest BCUT2D eigenvalue weighted by atomic mass is 16.7. The molecule has 204 valence electrons. The number of phenolic OH excluding ortho intramolecular Hbond substituents is 2. The van der Waals surface area contributed by atoms with Crippen LogP contribution in [0.5, 0.6) is 23.0 Å². The maximum atomic E-state index is 13.2. The molecule has 2 aromatic carbocycles. The van der Waals surface area contributed by atoms with E-state index < -0.39 is 61.0 Å². The van der Waals surface area contributed by atoms with Crippen molar-refractivity contribution >= 4 is 23.6 Å². The minimum Gasteiger partial charge on any atom is -0.504 e. The van der Waals surface area contributed by atoms with Crippen LogP contribution in [0.2, 0.25) is 0 Å². The monoisotopic (exact) mass is 533 g/mol. The summed E-state index contributed by atoms with van der Waals surface area (Å²) in [7, 11) is 1.37. The molecule has 0 saturated carbocycles. The Labute approximate surface area is 216 Å². The number of rotatable bonds is 7. The van der Waals surface area contributed by atoms with Crippen LogP contribution in [0, 0.1) is 0 Å². The lowest BCUT2D eigenvalue weighted by molar-refractivity contribution is -0.277. The largest absolute Gasteiger partial charge is 0.504 e. The summed E-state index contributed by atoms with van der Waals surface area (Å²) in [6, 6.07) is 5.50. The van der Waals surface area contributed by atoms with Gasteiger partial charge in [0.15, 0.2) is 23.0 Å². The van der Waals surface area contributed by atoms with Crippen molar-refractivity contribution in [1.82, 2.24) is 0 Å². The van der Waals surface area contributed by atoms with Gasteiger partial charge in [-0.1, -0.05) is 6.07 Å². The molecule has 4 rings (SSSR count). The van der Waals surface area contributed by atoms with Gasteiger partial charge >= 0.3 is 5.97 Å². The van der Waals surface area contributed by atoms with Crippen molar-refractivity contribution in [2.24, 2.45) is 0 Å². The Morgan fingerprint density at radius 2 is 1.79 bits per heavy atom. The zero-order valence-electron chi connectivity index (χ0n) is 20.0. The van der Waals surface area contributed by atoms with Gasteiger partial charge in [0.25, 0.3) is 5.91 Å². The molecular formula is C25H27NO12. The Morgan fingerprint density at radius 1 is 1.05 bits per heavy atom. The van der Waals surface area contributed by atoms with Gasteiger partial charge in [-0.3, -0.25) is 9.69 Å². The molecule has 2 heterocycles. The summed E-state index contributed by atoms with van der Waals surface area (Å²) in [6.45, 7) is -0.692. The van der Waals surface area contributed by atoms with E-state index in [9.17, 15) is 45.3 Å². The molecule has 2 aromatic rings. The van der Waals surface area contributed by atoms with Crippen molar-refractivity contribution in [3.8, 4) is 23.0 Å². The Kier molecular flexibility index (Phi) is 7.76. The number of benzene rings is 2. The second kappa shape index (κ2) is 10.8. The van der Waals surface area contributed by atoms with Gasteiger partial charge < -0.3 is 50.0 Å². The molecule has 1 amide bonds. The number of carbonyl (C=O) groups is 2. The number of phenols is 2. The maximum Gasteiger partial charge on any atom is 0.327 e. The Hall–Kier alpha value is -3.88. The van der Waals surface area contributed by atoms with Crippen LogP contribution in [-0.2, 0) is 20.7 Å². The molecule has 2 aliphatic rings. The molecule has 2 aliphatic heterocycles. The van der Waals surface area contributed by atoms with Gasteiger partial charge in [-0.2, -0.15) is 0 Å². The standard InChI is InChI=1S/C25H27NO12/c1-36-17-6-11(2-4-15(17)28)3-5-20(30)26-13-9-18(16(29)8-12(13)7-14(26)24(34)35)37-25-23(33)22(32)21(31)19(10-27)38-25/h2-6,8-9,14,19,21-23,25,27-29,31-33H,7,10H2,1H3,(H,34,35)/t14-,19-,21-,22+,23-,25+/m1/s1. The van der Waals surface area contributed by atoms with Gasteiger partial charge in [-0.25, -0.2) is 4.79 Å². The van der Waals surface area contributed by atoms with Crippen molar-refractivity contribution in [2.45, 2.75) is 43.2 Å². The average molecular weight is 533 g/mol. The molecule has 38 heavy (non-hydrogen) atoms. The van der Waals surface area contributed by atoms with Gasteiger partial charge in [0, 0.05) is 18.6 Å². The number of aliphatic hydroxyl groups is 4. The van der Waals surface area contributed by atoms with E-state index in [-0.39, 0.29) is 29.4 Å². The number of hydrogen-bond acceptors (Lipinski definition) is 11. The summed E-state index contributed by atoms with van der Waals surface area (Å²) in [5, 5.41) is 69.6. The number of ether oxygens (including phenoxy) is 3. The average Bonchev–Trinajstić information content (AvgIpc) is 3.26. The van der Waals surface area contributed by atoms with Crippen LogP contribution in [0.1, 0.15) is 11.1 Å². The van der Waals surface area contributed by atoms with Crippen LogP contribution in [0.25, 0.3) is 6.08 Å². The maximum absolute atomic E-state index is 13.2. The molecule has 7 N–H and O–H groups in total. The molecule has 1 fully saturated rings. The molecule has 0 spiro atoms. The fourth-order valence-electron chi connectivity index (χ4n) is 4.36. The van der Waals surface area contributed by atoms with Gasteiger partial charge in [0.05, 0.1) is 19.4 Å². The number of hydrogen-bond donors (Lipinski definition) is 7. The van der Waals surface area contributed by atoms with Gasteiger partial charge in [-0.15, -0.1) is 0 Å². The number of amides is 1. The lowest BCUT2D eigenvalue weighted by Gasteiger charge is -2.39. The predicted molar refractivity (Wildman–Crippen MR) is 129 cm³/mol. The van der Waals surface area contributed by atoms with E-state index >= 15 is 0 Å². The van der Waals surface area contributed by atoms with Gasteiger partial charge in [0.1, 0.15) is 30.5 Å². The quantitative estimate of drug-likeness (QED) is 0.222. The summed E-state index contributed by atoms with van der Waals surface area (Å²) < 4.78 is 15.9. The van der Waals surface area contributed by atoms with E-state index in [1.807, 2.05) is 0 Å². The zero-order chi connectivity index (χ0) is 27.7. The van der Waals surface area contributed by atoms with Crippen molar-refractivity contribution in [3.63, 3.8) is 0 Å². The summed E-state index contributed by atoms with van der Waals surface area (Å²) >= 11 is 0. The lowest BCUT2D eigenvalue weighted by atomic mass is 9.99. The normalized spacial score (nSPS) is 26.8. The van der Waals surface area contributed by atoms with Crippen molar-refractivity contribution in [3.05, 3.63) is 47.5 Å². The van der Waals surface area contributed by atoms with Crippen molar-refractivity contribution in [2.75, 3.05) is 18.6 Å². The Bertz CT molecular complexity index is 1250. The van der Waals surface area contributed by atoms with E-state index in [1.54, 1.807) is 0 Å². The fraction of sp³-hybridized carbons (Fsp3) is 0.360. The predicted octanol–water partition coefficient (Wildman–Crippen LogP) is -0.659. The van der Waals surface area contributed by atoms with Gasteiger partial charge in [0.2, 0.25) is 6.29 Å². The molecule has 0 radical (unpaired) electrons. The van der Waals surface area contributed by atoms with Crippen LogP contribution in [0.3, 0.4) is 0 Å². The highest BCUT2D eigenvalue weighted by molar-refractivity contribution is 6.09. The van der Waals surface area contributed by atoms with Crippen molar-refractivity contribution < 1.29 is 59.5 Å². The highest BCUT2D eigenvalue weighted by Crippen LogP contribution is 2.42. The molecule has 6 atom stereocenters. The van der Waals surface area contributed by atoms with E-state index in [1.165, 1.54) is 43.5 Å². The van der Waals surface area contributed by atoms with Crippen LogP contribution in [0.4, 0.5) is 5.69 Å². The summed E-state index contributed by atoms with van der Waals surface area (Å²) in [4.78, 5) is 26.1. The molecule has 0 aliphatic carbocycles. The number of aliphatic hydroxyl groups excluding tert-OH is 4. The molecule has 13 nitrogen and oxygen atoms in total. The molecule has 0 unspecified atom stereocenters. The number of methoxy groups -OCH3 is 1. The third-order valence-corrected chi connectivity index (χ3v) is 6.38. The second-order valence-electron chi connectivity index (χ2n) is 8.79. The number of fused-ring (bicyclic) bond motifs is 1. The summed E-state index contributed by atoms with van der Waals surface area (Å²) in [5.74, 6) is -2.66. The Morgan fingerprint density at radius 3 is 2.45 bits per heavy atom. The van der Waals surface area contributed by atoms with E-state index in [0.29, 0.717) is 11.1 Å². The number of aliphatic carboxylic acids is 1.